The van der Waals surface area contributed by atoms with Gasteiger partial charge in [0.1, 0.15) is 0 Å². The Labute approximate surface area is 164 Å². The summed E-state index contributed by atoms with van der Waals surface area (Å²) in [6.45, 7) is 3.02. The summed E-state index contributed by atoms with van der Waals surface area (Å²) in [4.78, 5) is 2.37. The highest BCUT2D eigenvalue weighted by molar-refractivity contribution is 7.92. The molecular formula is C20H20N4O3S. The molecule has 0 saturated carbocycles. The molecule has 2 aromatic carbocycles. The minimum absolute atomic E-state index is 0.226. The van der Waals surface area contributed by atoms with E-state index in [0.717, 1.165) is 30.2 Å². The molecule has 1 fully saturated rings. The molecule has 2 heterocycles. The fourth-order valence-electron chi connectivity index (χ4n) is 2.96. The smallest absolute Gasteiger partial charge is 0.261 e. The Kier molecular flexibility index (Phi) is 5.23. The summed E-state index contributed by atoms with van der Waals surface area (Å²) in [5.41, 5.74) is 2.09. The van der Waals surface area contributed by atoms with Crippen LogP contribution in [-0.4, -0.2) is 44.9 Å². The number of hydrogen-bond acceptors (Lipinski definition) is 6. The summed E-state index contributed by atoms with van der Waals surface area (Å²) in [7, 11) is -3.60. The molecule has 0 radical (unpaired) electrons. The number of benzene rings is 2. The Morgan fingerprint density at radius 2 is 1.57 bits per heavy atom. The number of aromatic nitrogens is 2. The fourth-order valence-corrected chi connectivity index (χ4v) is 4.04. The van der Waals surface area contributed by atoms with Crippen molar-refractivity contribution >= 4 is 21.5 Å². The van der Waals surface area contributed by atoms with Crippen molar-refractivity contribution in [1.29, 1.82) is 0 Å². The van der Waals surface area contributed by atoms with Crippen LogP contribution < -0.4 is 9.62 Å². The topological polar surface area (TPSA) is 84.4 Å². The molecule has 7 nitrogen and oxygen atoms in total. The van der Waals surface area contributed by atoms with Gasteiger partial charge in [0.25, 0.3) is 10.0 Å². The van der Waals surface area contributed by atoms with Gasteiger partial charge in [-0.2, -0.15) is 0 Å². The normalized spacial score (nSPS) is 14.6. The van der Waals surface area contributed by atoms with E-state index >= 15 is 0 Å². The van der Waals surface area contributed by atoms with Crippen LogP contribution in [0.3, 0.4) is 0 Å². The summed E-state index contributed by atoms with van der Waals surface area (Å²) in [6.07, 6.45) is 0. The number of nitrogens with zero attached hydrogens (tertiary/aromatic N) is 3. The zero-order chi connectivity index (χ0) is 19.4. The van der Waals surface area contributed by atoms with Crippen LogP contribution in [-0.2, 0) is 14.8 Å². The predicted molar refractivity (Wildman–Crippen MR) is 108 cm³/mol. The fraction of sp³-hybridized carbons (Fsp3) is 0.200. The quantitative estimate of drug-likeness (QED) is 0.714. The van der Waals surface area contributed by atoms with Crippen molar-refractivity contribution in [3.8, 4) is 11.3 Å². The monoisotopic (exact) mass is 396 g/mol. The second-order valence-electron chi connectivity index (χ2n) is 6.37. The number of sulfonamides is 1. The van der Waals surface area contributed by atoms with E-state index in [4.69, 9.17) is 4.74 Å². The molecule has 8 heteroatoms. The van der Waals surface area contributed by atoms with Crippen molar-refractivity contribution in [1.82, 2.24) is 10.2 Å². The molecule has 0 amide bonds. The molecule has 1 aromatic heterocycles. The van der Waals surface area contributed by atoms with Gasteiger partial charge in [0.2, 0.25) is 0 Å². The highest BCUT2D eigenvalue weighted by Gasteiger charge is 2.14. The lowest BCUT2D eigenvalue weighted by molar-refractivity contribution is 0.122. The maximum atomic E-state index is 12.4. The average Bonchev–Trinajstić information content (AvgIpc) is 2.75. The largest absolute Gasteiger partial charge is 0.378 e. The molecule has 1 saturated heterocycles. The third-order valence-corrected chi connectivity index (χ3v) is 5.87. The molecule has 144 valence electrons. The molecule has 0 aliphatic carbocycles. The van der Waals surface area contributed by atoms with Gasteiger partial charge >= 0.3 is 0 Å². The van der Waals surface area contributed by atoms with E-state index in [1.165, 1.54) is 0 Å². The Morgan fingerprint density at radius 1 is 0.857 bits per heavy atom. The number of ether oxygens (including phenoxy) is 1. The van der Waals surface area contributed by atoms with Crippen LogP contribution in [0.5, 0.6) is 0 Å². The van der Waals surface area contributed by atoms with Gasteiger partial charge < -0.3 is 9.64 Å². The molecule has 0 atom stereocenters. The van der Waals surface area contributed by atoms with E-state index in [-0.39, 0.29) is 4.90 Å². The molecular weight excluding hydrogens is 376 g/mol. The van der Waals surface area contributed by atoms with Crippen LogP contribution in [0.15, 0.2) is 71.6 Å². The molecule has 0 bridgehead atoms. The minimum Gasteiger partial charge on any atom is -0.378 e. The summed E-state index contributed by atoms with van der Waals surface area (Å²) >= 11 is 0. The first-order valence-electron chi connectivity index (χ1n) is 8.96. The molecule has 4 rings (SSSR count). The standard InChI is InChI=1S/C20H20N4O3S/c25-28(26,18-4-2-1-3-5-18)23-17-8-6-16(7-9-17)19-10-11-20(22-21-19)24-12-14-27-15-13-24/h1-11,23H,12-15H2. The lowest BCUT2D eigenvalue weighted by Gasteiger charge is -2.27. The molecule has 3 aromatic rings. The van der Waals surface area contributed by atoms with Gasteiger partial charge in [0, 0.05) is 24.3 Å². The van der Waals surface area contributed by atoms with Crippen molar-refractivity contribution in [2.24, 2.45) is 0 Å². The average molecular weight is 396 g/mol. The van der Waals surface area contributed by atoms with Crippen LogP contribution in [0, 0.1) is 0 Å². The Morgan fingerprint density at radius 3 is 2.21 bits per heavy atom. The third-order valence-electron chi connectivity index (χ3n) is 4.47. The first kappa shape index (κ1) is 18.4. The van der Waals surface area contributed by atoms with Crippen LogP contribution in [0.4, 0.5) is 11.5 Å². The Bertz CT molecular complexity index is 1020. The van der Waals surface area contributed by atoms with E-state index in [9.17, 15) is 8.42 Å². The molecule has 1 aliphatic heterocycles. The second kappa shape index (κ2) is 7.95. The van der Waals surface area contributed by atoms with Crippen molar-refractivity contribution in [3.05, 3.63) is 66.7 Å². The lowest BCUT2D eigenvalue weighted by Crippen LogP contribution is -2.36. The highest BCUT2D eigenvalue weighted by atomic mass is 32.2. The first-order chi connectivity index (χ1) is 13.6. The zero-order valence-corrected chi connectivity index (χ0v) is 16.0. The predicted octanol–water partition coefficient (Wildman–Crippen LogP) is 2.78. The summed E-state index contributed by atoms with van der Waals surface area (Å²) in [5.74, 6) is 0.833. The van der Waals surface area contributed by atoms with Crippen molar-refractivity contribution < 1.29 is 13.2 Å². The van der Waals surface area contributed by atoms with Gasteiger partial charge in [-0.1, -0.05) is 30.3 Å². The highest BCUT2D eigenvalue weighted by Crippen LogP contribution is 2.22. The molecule has 0 spiro atoms. The van der Waals surface area contributed by atoms with Crippen LogP contribution in [0.25, 0.3) is 11.3 Å². The van der Waals surface area contributed by atoms with E-state index in [0.29, 0.717) is 18.9 Å². The van der Waals surface area contributed by atoms with E-state index in [1.807, 2.05) is 24.3 Å². The molecule has 1 N–H and O–H groups in total. The maximum absolute atomic E-state index is 12.4. The maximum Gasteiger partial charge on any atom is 0.261 e. The number of rotatable bonds is 5. The number of nitrogens with one attached hydrogen (secondary N) is 1. The van der Waals surface area contributed by atoms with E-state index in [1.54, 1.807) is 42.5 Å². The second-order valence-corrected chi connectivity index (χ2v) is 8.05. The molecule has 0 unspecified atom stereocenters. The Balaban J connectivity index is 1.47. The van der Waals surface area contributed by atoms with Gasteiger partial charge in [0.15, 0.2) is 5.82 Å². The lowest BCUT2D eigenvalue weighted by atomic mass is 10.1. The van der Waals surface area contributed by atoms with Gasteiger partial charge in [-0.3, -0.25) is 4.72 Å². The van der Waals surface area contributed by atoms with Crippen molar-refractivity contribution in [3.63, 3.8) is 0 Å². The minimum atomic E-state index is -3.60. The SMILES string of the molecule is O=S(=O)(Nc1ccc(-c2ccc(N3CCOCC3)nn2)cc1)c1ccccc1. The first-order valence-corrected chi connectivity index (χ1v) is 10.4. The number of hydrogen-bond donors (Lipinski definition) is 1. The van der Waals surface area contributed by atoms with Crippen LogP contribution in [0.2, 0.25) is 0 Å². The van der Waals surface area contributed by atoms with Gasteiger partial charge in [-0.05, 0) is 36.4 Å². The van der Waals surface area contributed by atoms with Gasteiger partial charge in [-0.25, -0.2) is 8.42 Å². The molecule has 28 heavy (non-hydrogen) atoms. The van der Waals surface area contributed by atoms with Crippen molar-refractivity contribution in [2.75, 3.05) is 35.9 Å². The van der Waals surface area contributed by atoms with E-state index < -0.39 is 10.0 Å². The summed E-state index contributed by atoms with van der Waals surface area (Å²) in [5, 5.41) is 8.61. The third kappa shape index (κ3) is 4.13. The van der Waals surface area contributed by atoms with E-state index in [2.05, 4.69) is 19.8 Å². The van der Waals surface area contributed by atoms with Gasteiger partial charge in [-0.15, -0.1) is 10.2 Å². The van der Waals surface area contributed by atoms with Crippen molar-refractivity contribution in [2.45, 2.75) is 4.90 Å². The Hall–Kier alpha value is -2.97. The zero-order valence-electron chi connectivity index (χ0n) is 15.2. The van der Waals surface area contributed by atoms with Gasteiger partial charge in [0.05, 0.1) is 23.8 Å². The molecule has 1 aliphatic rings. The number of morpholine rings is 1. The summed E-state index contributed by atoms with van der Waals surface area (Å²) in [6, 6.07) is 19.2. The summed E-state index contributed by atoms with van der Waals surface area (Å²) < 4.78 is 32.7. The van der Waals surface area contributed by atoms with Crippen LogP contribution >= 0.6 is 0 Å². The van der Waals surface area contributed by atoms with Crippen LogP contribution in [0.1, 0.15) is 0 Å². The number of anilines is 2.